The molecule has 4 heteroatoms. The minimum absolute atomic E-state index is 0.248. The van der Waals surface area contributed by atoms with E-state index in [1.54, 1.807) is 36.4 Å². The highest BCUT2D eigenvalue weighted by atomic mass is 35.5. The number of anilines is 1. The zero-order valence-corrected chi connectivity index (χ0v) is 11.2. The molecule has 0 atom stereocenters. The maximum atomic E-state index is 12.0. The zero-order chi connectivity index (χ0) is 13.1. The minimum atomic E-state index is -0.248. The van der Waals surface area contributed by atoms with Crippen molar-refractivity contribution in [1.82, 2.24) is 0 Å². The molecule has 0 aromatic heterocycles. The molecular formula is C14H11Cl2NO. The van der Waals surface area contributed by atoms with Gasteiger partial charge in [0, 0.05) is 10.7 Å². The molecule has 2 aromatic rings. The van der Waals surface area contributed by atoms with Gasteiger partial charge >= 0.3 is 0 Å². The summed E-state index contributed by atoms with van der Waals surface area (Å²) in [5, 5.41) is 3.76. The van der Waals surface area contributed by atoms with Crippen LogP contribution in [0.3, 0.4) is 0 Å². The van der Waals surface area contributed by atoms with Gasteiger partial charge in [-0.2, -0.15) is 0 Å². The van der Waals surface area contributed by atoms with Gasteiger partial charge in [0.2, 0.25) is 0 Å². The number of aryl methyl sites for hydroxylation is 1. The summed E-state index contributed by atoms with van der Waals surface area (Å²) in [6.45, 7) is 1.92. The molecule has 0 radical (unpaired) electrons. The normalized spacial score (nSPS) is 10.2. The summed E-state index contributed by atoms with van der Waals surface area (Å²) in [7, 11) is 0. The van der Waals surface area contributed by atoms with Crippen LogP contribution in [0.2, 0.25) is 10.0 Å². The van der Waals surface area contributed by atoms with Crippen molar-refractivity contribution in [3.8, 4) is 0 Å². The van der Waals surface area contributed by atoms with Crippen LogP contribution in [0.25, 0.3) is 0 Å². The van der Waals surface area contributed by atoms with E-state index in [0.717, 1.165) is 5.56 Å². The number of benzene rings is 2. The van der Waals surface area contributed by atoms with Gasteiger partial charge in [-0.3, -0.25) is 4.79 Å². The second kappa shape index (κ2) is 5.42. The lowest BCUT2D eigenvalue weighted by molar-refractivity contribution is 0.102. The van der Waals surface area contributed by atoms with Crippen molar-refractivity contribution in [2.24, 2.45) is 0 Å². The van der Waals surface area contributed by atoms with Gasteiger partial charge in [-0.05, 0) is 42.8 Å². The van der Waals surface area contributed by atoms with Gasteiger partial charge in [-0.15, -0.1) is 0 Å². The van der Waals surface area contributed by atoms with E-state index in [1.807, 2.05) is 13.0 Å². The smallest absolute Gasteiger partial charge is 0.257 e. The highest BCUT2D eigenvalue weighted by Gasteiger charge is 2.10. The van der Waals surface area contributed by atoms with E-state index in [1.165, 1.54) is 0 Å². The number of nitrogens with one attached hydrogen (secondary N) is 1. The average Bonchev–Trinajstić information content (AvgIpc) is 2.28. The van der Waals surface area contributed by atoms with Gasteiger partial charge in [-0.25, -0.2) is 0 Å². The summed E-state index contributed by atoms with van der Waals surface area (Å²) < 4.78 is 0. The lowest BCUT2D eigenvalue weighted by atomic mass is 10.1. The van der Waals surface area contributed by atoms with Gasteiger partial charge in [0.05, 0.1) is 10.6 Å². The Bertz CT molecular complexity index is 596. The van der Waals surface area contributed by atoms with E-state index in [0.29, 0.717) is 21.3 Å². The Kier molecular flexibility index (Phi) is 3.90. The molecule has 0 fully saturated rings. The predicted octanol–water partition coefficient (Wildman–Crippen LogP) is 4.55. The fraction of sp³-hybridized carbons (Fsp3) is 0.0714. The number of amides is 1. The van der Waals surface area contributed by atoms with Crippen molar-refractivity contribution in [2.45, 2.75) is 6.92 Å². The number of rotatable bonds is 2. The third-order valence-electron chi connectivity index (χ3n) is 2.45. The lowest BCUT2D eigenvalue weighted by Gasteiger charge is -2.07. The number of carbonyl (C=O) groups is 1. The molecule has 0 aliphatic carbocycles. The molecule has 0 aliphatic rings. The summed E-state index contributed by atoms with van der Waals surface area (Å²) in [4.78, 5) is 12.0. The first-order valence-electron chi connectivity index (χ1n) is 5.39. The Hall–Kier alpha value is -1.51. The maximum absolute atomic E-state index is 12.0. The molecule has 2 nitrogen and oxygen atoms in total. The first kappa shape index (κ1) is 12.9. The molecule has 1 N–H and O–H groups in total. The number of carbonyl (C=O) groups excluding carboxylic acids is 1. The van der Waals surface area contributed by atoms with Crippen LogP contribution in [0.15, 0.2) is 42.5 Å². The molecule has 0 spiro atoms. The minimum Gasteiger partial charge on any atom is -0.322 e. The molecule has 0 bridgehead atoms. The molecule has 0 aliphatic heterocycles. The first-order chi connectivity index (χ1) is 8.56. The van der Waals surface area contributed by atoms with Crippen molar-refractivity contribution in [2.75, 3.05) is 5.32 Å². The second-order valence-electron chi connectivity index (χ2n) is 3.95. The molecule has 0 heterocycles. The molecular weight excluding hydrogens is 269 g/mol. The molecule has 0 saturated carbocycles. The van der Waals surface area contributed by atoms with E-state index < -0.39 is 0 Å². The van der Waals surface area contributed by atoms with E-state index in [-0.39, 0.29) is 5.91 Å². The quantitative estimate of drug-likeness (QED) is 0.858. The topological polar surface area (TPSA) is 29.1 Å². The third kappa shape index (κ3) is 3.03. The van der Waals surface area contributed by atoms with Gasteiger partial charge in [0.15, 0.2) is 0 Å². The van der Waals surface area contributed by atoms with Crippen LogP contribution in [0.4, 0.5) is 5.69 Å². The second-order valence-corrected chi connectivity index (χ2v) is 4.79. The van der Waals surface area contributed by atoms with E-state index in [9.17, 15) is 4.79 Å². The Morgan fingerprint density at radius 1 is 1.11 bits per heavy atom. The van der Waals surface area contributed by atoms with Gasteiger partial charge in [-0.1, -0.05) is 35.3 Å². The highest BCUT2D eigenvalue weighted by molar-refractivity contribution is 6.34. The van der Waals surface area contributed by atoms with E-state index in [2.05, 4.69) is 5.32 Å². The first-order valence-corrected chi connectivity index (χ1v) is 6.15. The van der Waals surface area contributed by atoms with Crippen molar-refractivity contribution >= 4 is 34.8 Å². The fourth-order valence-corrected chi connectivity index (χ4v) is 2.08. The molecule has 0 saturated heterocycles. The van der Waals surface area contributed by atoms with Crippen molar-refractivity contribution < 1.29 is 4.79 Å². The van der Waals surface area contributed by atoms with Crippen LogP contribution >= 0.6 is 23.2 Å². The molecule has 2 aromatic carbocycles. The third-order valence-corrected chi connectivity index (χ3v) is 3.00. The van der Waals surface area contributed by atoms with Gasteiger partial charge < -0.3 is 5.32 Å². The van der Waals surface area contributed by atoms with Crippen molar-refractivity contribution in [3.63, 3.8) is 0 Å². The van der Waals surface area contributed by atoms with Crippen LogP contribution in [-0.4, -0.2) is 5.91 Å². The Morgan fingerprint density at radius 3 is 2.56 bits per heavy atom. The molecule has 2 rings (SSSR count). The van der Waals surface area contributed by atoms with E-state index in [4.69, 9.17) is 23.2 Å². The summed E-state index contributed by atoms with van der Waals surface area (Å²) >= 11 is 11.9. The Balaban J connectivity index is 2.22. The summed E-state index contributed by atoms with van der Waals surface area (Å²) in [5.41, 5.74) is 2.10. The van der Waals surface area contributed by atoms with Gasteiger partial charge in [0.25, 0.3) is 5.91 Å². The van der Waals surface area contributed by atoms with Crippen LogP contribution in [0.1, 0.15) is 15.9 Å². The molecule has 92 valence electrons. The van der Waals surface area contributed by atoms with E-state index >= 15 is 0 Å². The van der Waals surface area contributed by atoms with Crippen LogP contribution < -0.4 is 5.32 Å². The number of halogens is 2. The van der Waals surface area contributed by atoms with Crippen LogP contribution in [0.5, 0.6) is 0 Å². The monoisotopic (exact) mass is 279 g/mol. The molecule has 0 unspecified atom stereocenters. The predicted molar refractivity (Wildman–Crippen MR) is 75.6 cm³/mol. The highest BCUT2D eigenvalue weighted by Crippen LogP contribution is 2.20. The Morgan fingerprint density at radius 2 is 1.89 bits per heavy atom. The summed E-state index contributed by atoms with van der Waals surface area (Å²) in [6, 6.07) is 12.3. The maximum Gasteiger partial charge on any atom is 0.257 e. The Labute approximate surface area is 116 Å². The van der Waals surface area contributed by atoms with Crippen molar-refractivity contribution in [3.05, 3.63) is 63.6 Å². The summed E-state index contributed by atoms with van der Waals surface area (Å²) in [6.07, 6.45) is 0. The SMILES string of the molecule is Cc1ccc(C(=O)Nc2cccc(Cl)c2)c(Cl)c1. The van der Waals surface area contributed by atoms with Crippen molar-refractivity contribution in [1.29, 1.82) is 0 Å². The zero-order valence-electron chi connectivity index (χ0n) is 9.71. The number of hydrogen-bond acceptors (Lipinski definition) is 1. The number of hydrogen-bond donors (Lipinski definition) is 1. The summed E-state index contributed by atoms with van der Waals surface area (Å²) in [5.74, 6) is -0.248. The average molecular weight is 280 g/mol. The largest absolute Gasteiger partial charge is 0.322 e. The van der Waals surface area contributed by atoms with Crippen LogP contribution in [0, 0.1) is 6.92 Å². The molecule has 18 heavy (non-hydrogen) atoms. The fourth-order valence-electron chi connectivity index (χ4n) is 1.57. The standard InChI is InChI=1S/C14H11Cl2NO/c1-9-5-6-12(13(16)7-9)14(18)17-11-4-2-3-10(15)8-11/h2-8H,1H3,(H,17,18). The van der Waals surface area contributed by atoms with Gasteiger partial charge in [0.1, 0.15) is 0 Å². The molecule has 1 amide bonds. The van der Waals surface area contributed by atoms with Crippen LogP contribution in [-0.2, 0) is 0 Å². The lowest BCUT2D eigenvalue weighted by Crippen LogP contribution is -2.12.